The Bertz CT molecular complexity index is 1350. The number of halogens is 2. The average molecular weight is 521 g/mol. The van der Waals surface area contributed by atoms with Gasteiger partial charge in [0.1, 0.15) is 4.21 Å². The van der Waals surface area contributed by atoms with Gasteiger partial charge in [0.15, 0.2) is 17.8 Å². The summed E-state index contributed by atoms with van der Waals surface area (Å²) in [5.41, 5.74) is 7.06. The quantitative estimate of drug-likeness (QED) is 0.496. The van der Waals surface area contributed by atoms with Crippen molar-refractivity contribution in [3.8, 4) is 0 Å². The largest absolute Gasteiger partial charge is 0.349 e. The lowest BCUT2D eigenvalue weighted by atomic mass is 10.1. The molecule has 2 amide bonds. The van der Waals surface area contributed by atoms with E-state index in [-0.39, 0.29) is 29.4 Å². The topological polar surface area (TPSA) is 113 Å². The van der Waals surface area contributed by atoms with Crippen LogP contribution in [0.15, 0.2) is 64.2 Å². The van der Waals surface area contributed by atoms with Crippen molar-refractivity contribution >= 4 is 33.2 Å². The summed E-state index contributed by atoms with van der Waals surface area (Å²) in [6.07, 6.45) is -1.51. The van der Waals surface area contributed by atoms with Crippen LogP contribution in [0.2, 0.25) is 0 Å². The lowest BCUT2D eigenvalue weighted by Crippen LogP contribution is -2.53. The number of sulfonamides is 1. The summed E-state index contributed by atoms with van der Waals surface area (Å²) in [7, 11) is -4.10. The van der Waals surface area contributed by atoms with Crippen molar-refractivity contribution in [2.75, 3.05) is 13.1 Å². The first-order valence-electron chi connectivity index (χ1n) is 10.6. The summed E-state index contributed by atoms with van der Waals surface area (Å²) in [5, 5.41) is 4.28. The van der Waals surface area contributed by atoms with Gasteiger partial charge in [0.25, 0.3) is 21.8 Å². The second-order valence-electron chi connectivity index (χ2n) is 7.79. The van der Waals surface area contributed by atoms with Crippen molar-refractivity contribution in [1.29, 1.82) is 0 Å². The van der Waals surface area contributed by atoms with Gasteiger partial charge in [-0.1, -0.05) is 30.3 Å². The standard InChI is InChI=1S/C23H22F2N4O4S2/c24-18-7-6-17(12-19(18)25)23(31)28-8-9-29(35(32,33)20-5-2-10-34-20)22(28)21(30)27-14-16-4-1-3-15(11-16)13-26/h1-7,10-12,22H,8-9,13-14,26H2,(H,27,30). The third-order valence-corrected chi connectivity index (χ3v) is 8.77. The number of hydrogen-bond acceptors (Lipinski definition) is 6. The molecule has 12 heteroatoms. The third kappa shape index (κ3) is 5.10. The van der Waals surface area contributed by atoms with Crippen molar-refractivity contribution < 1.29 is 26.8 Å². The van der Waals surface area contributed by atoms with Gasteiger partial charge >= 0.3 is 0 Å². The summed E-state index contributed by atoms with van der Waals surface area (Å²) >= 11 is 0.986. The SMILES string of the molecule is NCc1cccc(CNC(=O)C2N(C(=O)c3ccc(F)c(F)c3)CCN2S(=O)(=O)c2cccs2)c1. The van der Waals surface area contributed by atoms with E-state index in [1.165, 1.54) is 6.07 Å². The van der Waals surface area contributed by atoms with E-state index in [0.717, 1.165) is 49.9 Å². The van der Waals surface area contributed by atoms with Crippen LogP contribution in [-0.4, -0.2) is 48.7 Å². The fraction of sp³-hybridized carbons (Fsp3) is 0.217. The number of carbonyl (C=O) groups excluding carboxylic acids is 2. The van der Waals surface area contributed by atoms with E-state index in [4.69, 9.17) is 5.73 Å². The van der Waals surface area contributed by atoms with E-state index >= 15 is 0 Å². The van der Waals surface area contributed by atoms with E-state index in [0.29, 0.717) is 6.54 Å². The van der Waals surface area contributed by atoms with E-state index in [1.807, 2.05) is 6.07 Å². The number of carbonyl (C=O) groups is 2. The Morgan fingerprint density at radius 2 is 1.80 bits per heavy atom. The van der Waals surface area contributed by atoms with Gasteiger partial charge < -0.3 is 16.0 Å². The lowest BCUT2D eigenvalue weighted by Gasteiger charge is -2.28. The number of rotatable bonds is 7. The maximum absolute atomic E-state index is 13.8. The molecule has 0 spiro atoms. The van der Waals surface area contributed by atoms with Gasteiger partial charge in [0.05, 0.1) is 0 Å². The van der Waals surface area contributed by atoms with Crippen LogP contribution in [0, 0.1) is 11.6 Å². The maximum Gasteiger partial charge on any atom is 0.259 e. The number of nitrogens with zero attached hydrogens (tertiary/aromatic N) is 2. The van der Waals surface area contributed by atoms with Gasteiger partial charge in [-0.2, -0.15) is 4.31 Å². The number of benzene rings is 2. The van der Waals surface area contributed by atoms with Crippen LogP contribution in [0.4, 0.5) is 8.78 Å². The molecule has 2 aromatic carbocycles. The Labute approximate surface area is 205 Å². The third-order valence-electron chi connectivity index (χ3n) is 5.54. The Kier molecular flexibility index (Phi) is 7.26. The Balaban J connectivity index is 1.64. The summed E-state index contributed by atoms with van der Waals surface area (Å²) in [4.78, 5) is 27.5. The highest BCUT2D eigenvalue weighted by Crippen LogP contribution is 2.28. The molecular formula is C23H22F2N4O4S2. The lowest BCUT2D eigenvalue weighted by molar-refractivity contribution is -0.127. The summed E-state index contributed by atoms with van der Waals surface area (Å²) in [6.45, 7) is 0.136. The van der Waals surface area contributed by atoms with E-state index in [1.54, 1.807) is 29.6 Å². The van der Waals surface area contributed by atoms with Crippen molar-refractivity contribution in [1.82, 2.24) is 14.5 Å². The molecule has 2 heterocycles. The van der Waals surface area contributed by atoms with Crippen molar-refractivity contribution in [3.05, 3.63) is 88.3 Å². The molecule has 1 aromatic heterocycles. The first-order valence-corrected chi connectivity index (χ1v) is 12.9. The van der Waals surface area contributed by atoms with Crippen LogP contribution in [0.3, 0.4) is 0 Å². The highest BCUT2D eigenvalue weighted by molar-refractivity contribution is 7.91. The summed E-state index contributed by atoms with van der Waals surface area (Å²) in [6, 6.07) is 12.8. The number of amides is 2. The molecule has 1 aliphatic heterocycles. The van der Waals surface area contributed by atoms with Crippen LogP contribution >= 0.6 is 11.3 Å². The van der Waals surface area contributed by atoms with E-state index in [9.17, 15) is 26.8 Å². The summed E-state index contributed by atoms with van der Waals surface area (Å²) in [5.74, 6) is -3.87. The molecule has 0 radical (unpaired) electrons. The molecule has 0 saturated carbocycles. The Morgan fingerprint density at radius 3 is 2.49 bits per heavy atom. The van der Waals surface area contributed by atoms with Gasteiger partial charge in [-0.05, 0) is 40.8 Å². The molecule has 1 fully saturated rings. The molecule has 184 valence electrons. The van der Waals surface area contributed by atoms with Gasteiger partial charge in [-0.25, -0.2) is 17.2 Å². The minimum absolute atomic E-state index is 0.0214. The predicted octanol–water partition coefficient (Wildman–Crippen LogP) is 2.27. The zero-order valence-electron chi connectivity index (χ0n) is 18.4. The molecule has 1 unspecified atom stereocenters. The van der Waals surface area contributed by atoms with Gasteiger partial charge in [0, 0.05) is 31.7 Å². The maximum atomic E-state index is 13.8. The van der Waals surface area contributed by atoms with Crippen LogP contribution in [0.5, 0.6) is 0 Å². The smallest absolute Gasteiger partial charge is 0.259 e. The fourth-order valence-corrected chi connectivity index (χ4v) is 6.48. The van der Waals surface area contributed by atoms with Gasteiger partial charge in [-0.15, -0.1) is 11.3 Å². The monoisotopic (exact) mass is 520 g/mol. The van der Waals surface area contributed by atoms with Crippen LogP contribution in [-0.2, 0) is 27.9 Å². The van der Waals surface area contributed by atoms with Crippen molar-refractivity contribution in [3.63, 3.8) is 0 Å². The highest BCUT2D eigenvalue weighted by Gasteiger charge is 2.47. The molecule has 4 rings (SSSR count). The molecule has 1 atom stereocenters. The highest BCUT2D eigenvalue weighted by atomic mass is 32.2. The van der Waals surface area contributed by atoms with Crippen molar-refractivity contribution in [2.24, 2.45) is 5.73 Å². The second kappa shape index (κ2) is 10.2. The molecule has 35 heavy (non-hydrogen) atoms. The number of nitrogens with two attached hydrogens (primary N) is 1. The molecule has 3 N–H and O–H groups in total. The average Bonchev–Trinajstić information content (AvgIpc) is 3.55. The van der Waals surface area contributed by atoms with Crippen LogP contribution < -0.4 is 11.1 Å². The number of hydrogen-bond donors (Lipinski definition) is 2. The minimum Gasteiger partial charge on any atom is -0.349 e. The van der Waals surface area contributed by atoms with E-state index in [2.05, 4.69) is 5.32 Å². The Hall–Kier alpha value is -3.19. The summed E-state index contributed by atoms with van der Waals surface area (Å²) < 4.78 is 54.6. The molecule has 8 nitrogen and oxygen atoms in total. The van der Waals surface area contributed by atoms with Gasteiger partial charge in [0.2, 0.25) is 0 Å². The molecule has 1 saturated heterocycles. The fourth-order valence-electron chi connectivity index (χ4n) is 3.81. The number of nitrogens with one attached hydrogen (secondary N) is 1. The van der Waals surface area contributed by atoms with Crippen molar-refractivity contribution in [2.45, 2.75) is 23.5 Å². The molecule has 3 aromatic rings. The first kappa shape index (κ1) is 24.9. The zero-order chi connectivity index (χ0) is 25.2. The zero-order valence-corrected chi connectivity index (χ0v) is 20.0. The van der Waals surface area contributed by atoms with Crippen LogP contribution in [0.25, 0.3) is 0 Å². The van der Waals surface area contributed by atoms with E-state index < -0.39 is 39.6 Å². The van der Waals surface area contributed by atoms with Crippen LogP contribution in [0.1, 0.15) is 21.5 Å². The number of thiophene rings is 1. The molecule has 1 aliphatic rings. The minimum atomic E-state index is -4.10. The Morgan fingerprint density at radius 1 is 1.03 bits per heavy atom. The molecule has 0 aliphatic carbocycles. The first-order chi connectivity index (χ1) is 16.7. The normalized spacial score (nSPS) is 16.4. The van der Waals surface area contributed by atoms with Gasteiger partial charge in [-0.3, -0.25) is 9.59 Å². The second-order valence-corrected chi connectivity index (χ2v) is 10.9. The molecule has 0 bridgehead atoms. The molecular weight excluding hydrogens is 498 g/mol. The predicted molar refractivity (Wildman–Crippen MR) is 126 cm³/mol.